The Hall–Kier alpha value is -1.81. The highest BCUT2D eigenvalue weighted by Gasteiger charge is 2.03. The van der Waals surface area contributed by atoms with Crippen LogP contribution in [0.15, 0.2) is 33.5 Å². The van der Waals surface area contributed by atoms with Gasteiger partial charge in [0.2, 0.25) is 0 Å². The number of rotatable bonds is 3. The zero-order valence-electron chi connectivity index (χ0n) is 8.90. The summed E-state index contributed by atoms with van der Waals surface area (Å²) in [7, 11) is 0. The summed E-state index contributed by atoms with van der Waals surface area (Å²) in [5, 5.41) is 9.49. The van der Waals surface area contributed by atoms with Crippen LogP contribution < -0.4 is 10.4 Å². The first-order valence-electron chi connectivity index (χ1n) is 4.99. The van der Waals surface area contributed by atoms with Gasteiger partial charge in [-0.2, -0.15) is 0 Å². The average Bonchev–Trinajstić information content (AvgIpc) is 2.26. The number of fused-ring (bicyclic) bond motifs is 1. The maximum atomic E-state index is 11.1. The van der Waals surface area contributed by atoms with Crippen LogP contribution in [0.4, 0.5) is 0 Å². The molecule has 84 valence electrons. The van der Waals surface area contributed by atoms with Crippen LogP contribution in [0.2, 0.25) is 0 Å². The van der Waals surface area contributed by atoms with Crippen LogP contribution in [-0.4, -0.2) is 18.3 Å². The smallest absolute Gasteiger partial charge is 0.336 e. The molecule has 0 radical (unpaired) electrons. The van der Waals surface area contributed by atoms with E-state index in [1.807, 2.05) is 6.92 Å². The normalized spacial score (nSPS) is 10.6. The Morgan fingerprint density at radius 2 is 2.19 bits per heavy atom. The van der Waals surface area contributed by atoms with E-state index in [0.717, 1.165) is 10.9 Å². The van der Waals surface area contributed by atoms with Crippen LogP contribution in [0.1, 0.15) is 5.56 Å². The SMILES string of the molecule is Cc1cc(=O)oc2ccc(OCCO)cc12. The summed E-state index contributed by atoms with van der Waals surface area (Å²) in [5.41, 5.74) is 1.04. The van der Waals surface area contributed by atoms with Gasteiger partial charge in [0.25, 0.3) is 0 Å². The van der Waals surface area contributed by atoms with Crippen LogP contribution in [0.5, 0.6) is 5.75 Å². The molecule has 2 aromatic rings. The first-order valence-corrected chi connectivity index (χ1v) is 4.99. The number of aryl methyl sites for hydroxylation is 1. The summed E-state index contributed by atoms with van der Waals surface area (Å²) in [6.45, 7) is 2.07. The zero-order valence-corrected chi connectivity index (χ0v) is 8.90. The van der Waals surface area contributed by atoms with Gasteiger partial charge in [0, 0.05) is 11.5 Å². The molecule has 0 atom stereocenters. The summed E-state index contributed by atoms with van der Waals surface area (Å²) in [4.78, 5) is 11.1. The van der Waals surface area contributed by atoms with Crippen LogP contribution in [0, 0.1) is 6.92 Å². The summed E-state index contributed by atoms with van der Waals surface area (Å²) in [6.07, 6.45) is 0. The highest BCUT2D eigenvalue weighted by Crippen LogP contribution is 2.22. The summed E-state index contributed by atoms with van der Waals surface area (Å²) >= 11 is 0. The molecule has 0 aliphatic rings. The van der Waals surface area contributed by atoms with Gasteiger partial charge in [-0.15, -0.1) is 0 Å². The van der Waals surface area contributed by atoms with Gasteiger partial charge in [-0.1, -0.05) is 0 Å². The molecule has 16 heavy (non-hydrogen) atoms. The summed E-state index contributed by atoms with van der Waals surface area (Å²) < 4.78 is 10.3. The van der Waals surface area contributed by atoms with Gasteiger partial charge in [0.15, 0.2) is 0 Å². The van der Waals surface area contributed by atoms with Crippen molar-refractivity contribution in [3.63, 3.8) is 0 Å². The van der Waals surface area contributed by atoms with Gasteiger partial charge in [-0.05, 0) is 30.7 Å². The molecule has 1 heterocycles. The van der Waals surface area contributed by atoms with E-state index in [2.05, 4.69) is 0 Å². The quantitative estimate of drug-likeness (QED) is 0.796. The van der Waals surface area contributed by atoms with Crippen molar-refractivity contribution in [1.82, 2.24) is 0 Å². The van der Waals surface area contributed by atoms with Gasteiger partial charge >= 0.3 is 5.63 Å². The van der Waals surface area contributed by atoms with E-state index in [4.69, 9.17) is 14.3 Å². The molecule has 0 fully saturated rings. The molecule has 0 saturated carbocycles. The Morgan fingerprint density at radius 3 is 2.94 bits per heavy atom. The topological polar surface area (TPSA) is 59.7 Å². The third-order valence-corrected chi connectivity index (χ3v) is 2.28. The molecular weight excluding hydrogens is 208 g/mol. The van der Waals surface area contributed by atoms with Crippen molar-refractivity contribution < 1.29 is 14.3 Å². The van der Waals surface area contributed by atoms with E-state index in [1.165, 1.54) is 6.07 Å². The number of aliphatic hydroxyl groups excluding tert-OH is 1. The molecule has 0 aliphatic heterocycles. The molecule has 4 heteroatoms. The Morgan fingerprint density at radius 1 is 1.38 bits per heavy atom. The first-order chi connectivity index (χ1) is 7.70. The van der Waals surface area contributed by atoms with Crippen LogP contribution in [0.3, 0.4) is 0 Å². The maximum Gasteiger partial charge on any atom is 0.336 e. The monoisotopic (exact) mass is 220 g/mol. The minimum absolute atomic E-state index is 0.0269. The predicted octanol–water partition coefficient (Wildman–Crippen LogP) is 1.47. The minimum atomic E-state index is -0.353. The van der Waals surface area contributed by atoms with E-state index in [0.29, 0.717) is 11.3 Å². The highest BCUT2D eigenvalue weighted by atomic mass is 16.5. The van der Waals surface area contributed by atoms with E-state index in [-0.39, 0.29) is 18.8 Å². The zero-order chi connectivity index (χ0) is 11.5. The number of benzene rings is 1. The van der Waals surface area contributed by atoms with Gasteiger partial charge in [0.05, 0.1) is 6.61 Å². The molecular formula is C12H12O4. The molecule has 0 amide bonds. The molecule has 0 spiro atoms. The Balaban J connectivity index is 2.49. The summed E-state index contributed by atoms with van der Waals surface area (Å²) in [6, 6.07) is 6.64. The minimum Gasteiger partial charge on any atom is -0.491 e. The summed E-state index contributed by atoms with van der Waals surface area (Å²) in [5.74, 6) is 0.651. The second kappa shape index (κ2) is 4.37. The standard InChI is InChI=1S/C12H12O4/c1-8-6-12(14)16-11-3-2-9(7-10(8)11)15-5-4-13/h2-3,6-7,13H,4-5H2,1H3. The third kappa shape index (κ3) is 2.06. The predicted molar refractivity (Wildman–Crippen MR) is 59.8 cm³/mol. The number of aliphatic hydroxyl groups is 1. The van der Waals surface area contributed by atoms with Crippen molar-refractivity contribution in [3.8, 4) is 5.75 Å². The lowest BCUT2D eigenvalue weighted by molar-refractivity contribution is 0.201. The lowest BCUT2D eigenvalue weighted by atomic mass is 10.1. The van der Waals surface area contributed by atoms with E-state index < -0.39 is 0 Å². The average molecular weight is 220 g/mol. The van der Waals surface area contributed by atoms with Crippen molar-refractivity contribution in [1.29, 1.82) is 0 Å². The lowest BCUT2D eigenvalue weighted by Gasteiger charge is -2.06. The molecule has 1 aromatic heterocycles. The van der Waals surface area contributed by atoms with Crippen LogP contribution in [-0.2, 0) is 0 Å². The molecule has 1 N–H and O–H groups in total. The number of hydrogen-bond donors (Lipinski definition) is 1. The molecule has 0 saturated heterocycles. The fourth-order valence-electron chi connectivity index (χ4n) is 1.55. The molecule has 1 aromatic carbocycles. The fraction of sp³-hybridized carbons (Fsp3) is 0.250. The van der Waals surface area contributed by atoms with Crippen LogP contribution >= 0.6 is 0 Å². The molecule has 0 unspecified atom stereocenters. The van der Waals surface area contributed by atoms with E-state index in [1.54, 1.807) is 18.2 Å². The first kappa shape index (κ1) is 10.7. The highest BCUT2D eigenvalue weighted by molar-refractivity contribution is 5.81. The van der Waals surface area contributed by atoms with Crippen molar-refractivity contribution in [2.45, 2.75) is 6.92 Å². The fourth-order valence-corrected chi connectivity index (χ4v) is 1.55. The molecule has 0 aliphatic carbocycles. The Kier molecular flexibility index (Phi) is 2.92. The lowest BCUT2D eigenvalue weighted by Crippen LogP contribution is -2.02. The number of ether oxygens (including phenoxy) is 1. The van der Waals surface area contributed by atoms with Crippen molar-refractivity contribution in [2.75, 3.05) is 13.2 Å². The van der Waals surface area contributed by atoms with E-state index >= 15 is 0 Å². The third-order valence-electron chi connectivity index (χ3n) is 2.28. The molecule has 2 rings (SSSR count). The maximum absolute atomic E-state index is 11.1. The van der Waals surface area contributed by atoms with Crippen molar-refractivity contribution in [2.24, 2.45) is 0 Å². The second-order valence-electron chi connectivity index (χ2n) is 3.48. The van der Waals surface area contributed by atoms with Gasteiger partial charge in [0.1, 0.15) is 17.9 Å². The second-order valence-corrected chi connectivity index (χ2v) is 3.48. The molecule has 0 bridgehead atoms. The van der Waals surface area contributed by atoms with Gasteiger partial charge < -0.3 is 14.3 Å². The van der Waals surface area contributed by atoms with Gasteiger partial charge in [-0.3, -0.25) is 0 Å². The molecule has 4 nitrogen and oxygen atoms in total. The van der Waals surface area contributed by atoms with Crippen molar-refractivity contribution in [3.05, 3.63) is 40.2 Å². The Bertz CT molecular complexity index is 556. The Labute approximate surface area is 92.1 Å². The number of hydrogen-bond acceptors (Lipinski definition) is 4. The van der Waals surface area contributed by atoms with E-state index in [9.17, 15) is 4.79 Å². The van der Waals surface area contributed by atoms with Gasteiger partial charge in [-0.25, -0.2) is 4.79 Å². The van der Waals surface area contributed by atoms with Crippen molar-refractivity contribution >= 4 is 11.0 Å². The largest absolute Gasteiger partial charge is 0.491 e. The van der Waals surface area contributed by atoms with Crippen LogP contribution in [0.25, 0.3) is 11.0 Å².